The second-order valence-electron chi connectivity index (χ2n) is 12.2. The van der Waals surface area contributed by atoms with Crippen LogP contribution >= 0.6 is 0 Å². The number of nitrogens with one attached hydrogen (secondary N) is 3. The van der Waals surface area contributed by atoms with Crippen molar-refractivity contribution in [3.05, 3.63) is 77.0 Å². The van der Waals surface area contributed by atoms with Crippen molar-refractivity contribution in [3.63, 3.8) is 0 Å². The normalized spacial score (nSPS) is 22.7. The predicted octanol–water partition coefficient (Wildman–Crippen LogP) is 2.29. The number of likely N-dealkylation sites (tertiary alicyclic amines) is 1. The van der Waals surface area contributed by atoms with Crippen LogP contribution < -0.4 is 16.0 Å². The molecule has 2 saturated heterocycles. The Morgan fingerprint density at radius 1 is 0.911 bits per heavy atom. The average molecular weight is 612 g/mol. The van der Waals surface area contributed by atoms with Crippen molar-refractivity contribution >= 4 is 40.9 Å². The Balaban J connectivity index is 0.958. The largest absolute Gasteiger partial charge is 0.389 e. The number of carbonyl (C=O) groups is 6. The van der Waals surface area contributed by atoms with Crippen molar-refractivity contribution in [1.29, 1.82) is 0 Å². The van der Waals surface area contributed by atoms with Gasteiger partial charge in [-0.2, -0.15) is 0 Å². The Morgan fingerprint density at radius 3 is 2.36 bits per heavy atom. The molecule has 0 spiro atoms. The number of imide groups is 1. The molecule has 2 aromatic carbocycles. The molecule has 0 radical (unpaired) electrons. The number of amides is 4. The predicted molar refractivity (Wildman–Crippen MR) is 165 cm³/mol. The number of anilines is 1. The van der Waals surface area contributed by atoms with Crippen molar-refractivity contribution in [3.8, 4) is 0 Å². The summed E-state index contributed by atoms with van der Waals surface area (Å²) in [5.74, 6) is -1.68. The van der Waals surface area contributed by atoms with Gasteiger partial charge in [0.05, 0.1) is 5.57 Å². The zero-order chi connectivity index (χ0) is 31.5. The summed E-state index contributed by atoms with van der Waals surface area (Å²) in [5.41, 5.74) is 2.97. The van der Waals surface area contributed by atoms with Crippen LogP contribution in [0.15, 0.2) is 60.3 Å². The second kappa shape index (κ2) is 13.2. The summed E-state index contributed by atoms with van der Waals surface area (Å²) >= 11 is 0. The van der Waals surface area contributed by atoms with Crippen LogP contribution in [0.3, 0.4) is 0 Å². The van der Waals surface area contributed by atoms with Gasteiger partial charge in [0.2, 0.25) is 17.7 Å². The molecule has 3 N–H and O–H groups in total. The minimum atomic E-state index is -0.711. The Bertz CT molecular complexity index is 1540. The van der Waals surface area contributed by atoms with Crippen LogP contribution in [-0.2, 0) is 30.5 Å². The van der Waals surface area contributed by atoms with E-state index in [0.29, 0.717) is 49.0 Å². The lowest BCUT2D eigenvalue weighted by atomic mass is 9.80. The lowest BCUT2D eigenvalue weighted by Crippen LogP contribution is -2.52. The number of benzene rings is 2. The van der Waals surface area contributed by atoms with Crippen molar-refractivity contribution < 1.29 is 28.8 Å². The third-order valence-corrected chi connectivity index (χ3v) is 9.35. The number of hydrogen-bond donors (Lipinski definition) is 3. The van der Waals surface area contributed by atoms with Gasteiger partial charge in [0.25, 0.3) is 5.91 Å². The lowest BCUT2D eigenvalue weighted by Gasteiger charge is -2.31. The number of piperidine rings is 2. The molecule has 3 aliphatic heterocycles. The highest BCUT2D eigenvalue weighted by Gasteiger charge is 2.40. The maximum absolute atomic E-state index is 13.2. The number of carbonyl (C=O) groups excluding carboxylic acids is 6. The Kier molecular flexibility index (Phi) is 8.88. The van der Waals surface area contributed by atoms with Crippen LogP contribution in [0.4, 0.5) is 5.69 Å². The Morgan fingerprint density at radius 2 is 1.64 bits per heavy atom. The maximum Gasteiger partial charge on any atom is 0.255 e. The van der Waals surface area contributed by atoms with Crippen LogP contribution in [0.5, 0.6) is 0 Å². The van der Waals surface area contributed by atoms with E-state index in [1.165, 1.54) is 4.90 Å². The molecule has 1 unspecified atom stereocenters. The number of Topliss-reactive ketones (excluding diaryl/α,β-unsaturated/α-hetero) is 2. The van der Waals surface area contributed by atoms with Gasteiger partial charge in [-0.1, -0.05) is 36.4 Å². The van der Waals surface area contributed by atoms with E-state index in [1.807, 2.05) is 30.3 Å². The molecule has 11 heteroatoms. The zero-order valence-electron chi connectivity index (χ0n) is 25.1. The first-order valence-corrected chi connectivity index (χ1v) is 15.6. The summed E-state index contributed by atoms with van der Waals surface area (Å²) in [5, 5.41) is 8.48. The van der Waals surface area contributed by atoms with Gasteiger partial charge in [0.15, 0.2) is 11.6 Å². The maximum atomic E-state index is 13.2. The summed E-state index contributed by atoms with van der Waals surface area (Å²) in [6.45, 7) is 2.97. The molecule has 1 aliphatic carbocycles. The molecular formula is C34H37N5O6. The van der Waals surface area contributed by atoms with E-state index in [2.05, 4.69) is 20.9 Å². The lowest BCUT2D eigenvalue weighted by molar-refractivity contribution is -0.137. The average Bonchev–Trinajstić information content (AvgIpc) is 3.37. The molecule has 0 bridgehead atoms. The summed E-state index contributed by atoms with van der Waals surface area (Å²) in [6, 6.07) is 14.2. The first-order chi connectivity index (χ1) is 21.8. The van der Waals surface area contributed by atoms with Crippen LogP contribution in [0.2, 0.25) is 0 Å². The molecule has 0 aromatic heterocycles. The van der Waals surface area contributed by atoms with Crippen LogP contribution in [0.1, 0.15) is 65.9 Å². The van der Waals surface area contributed by atoms with Gasteiger partial charge in [-0.3, -0.25) is 34.1 Å². The number of hydrogen-bond acceptors (Lipinski definition) is 8. The van der Waals surface area contributed by atoms with E-state index in [9.17, 15) is 28.8 Å². The SMILES string of the molecule is O=C1CCC(N2Cc3c(NC(=O)C4CCN(CCNC=C5C(=O)CC(c6ccccc6)CC5=O)CC4)cccc3C2=O)C(=O)N1. The third kappa shape index (κ3) is 6.58. The number of fused-ring (bicyclic) bond motifs is 1. The quantitative estimate of drug-likeness (QED) is 0.179. The van der Waals surface area contributed by atoms with E-state index in [4.69, 9.17) is 0 Å². The van der Waals surface area contributed by atoms with Crippen molar-refractivity contribution in [2.75, 3.05) is 31.5 Å². The molecule has 1 saturated carbocycles. The van der Waals surface area contributed by atoms with Gasteiger partial charge in [0, 0.05) is 67.8 Å². The molecule has 4 aliphatic rings. The smallest absolute Gasteiger partial charge is 0.255 e. The van der Waals surface area contributed by atoms with E-state index >= 15 is 0 Å². The van der Waals surface area contributed by atoms with Crippen LogP contribution in [-0.4, -0.2) is 77.2 Å². The number of allylic oxidation sites excluding steroid dienone is 1. The van der Waals surface area contributed by atoms with Crippen molar-refractivity contribution in [1.82, 2.24) is 20.4 Å². The van der Waals surface area contributed by atoms with Gasteiger partial charge in [-0.05, 0) is 56.0 Å². The Labute approximate surface area is 261 Å². The zero-order valence-corrected chi connectivity index (χ0v) is 25.1. The highest BCUT2D eigenvalue weighted by molar-refractivity contribution is 6.22. The van der Waals surface area contributed by atoms with Crippen LogP contribution in [0.25, 0.3) is 0 Å². The molecular weight excluding hydrogens is 574 g/mol. The molecule has 2 aromatic rings. The molecule has 11 nitrogen and oxygen atoms in total. The van der Waals surface area contributed by atoms with Gasteiger partial charge in [-0.25, -0.2) is 0 Å². The van der Waals surface area contributed by atoms with E-state index in [-0.39, 0.29) is 66.1 Å². The van der Waals surface area contributed by atoms with Crippen LogP contribution in [0, 0.1) is 5.92 Å². The molecule has 1 atom stereocenters. The summed E-state index contributed by atoms with van der Waals surface area (Å²) < 4.78 is 0. The standard InChI is InChI=1S/C34H37N5O6/c40-29-17-23(21-5-2-1-3-6-21)18-30(41)25(29)19-35-13-16-38-14-11-22(12-15-38)32(43)36-27-8-4-7-24-26(27)20-39(34(24)45)28-9-10-31(42)37-33(28)44/h1-8,19,22-23,28,35H,9-18,20H2,(H,36,43)(H,37,42,44). The Hall–Kier alpha value is -4.64. The summed E-state index contributed by atoms with van der Waals surface area (Å²) in [7, 11) is 0. The second-order valence-corrected chi connectivity index (χ2v) is 12.2. The van der Waals surface area contributed by atoms with Crippen molar-refractivity contribution in [2.45, 2.75) is 57.0 Å². The molecule has 3 fully saturated rings. The van der Waals surface area contributed by atoms with E-state index in [1.54, 1.807) is 24.4 Å². The molecule has 6 rings (SSSR count). The van der Waals surface area contributed by atoms with E-state index in [0.717, 1.165) is 25.2 Å². The topological polar surface area (TPSA) is 145 Å². The highest BCUT2D eigenvalue weighted by atomic mass is 16.2. The highest BCUT2D eigenvalue weighted by Crippen LogP contribution is 2.33. The number of ketones is 2. The first kappa shape index (κ1) is 30.4. The van der Waals surface area contributed by atoms with Gasteiger partial charge in [0.1, 0.15) is 6.04 Å². The molecule has 3 heterocycles. The fourth-order valence-corrected chi connectivity index (χ4v) is 6.77. The fraction of sp³-hybridized carbons (Fsp3) is 0.412. The number of rotatable bonds is 8. The van der Waals surface area contributed by atoms with E-state index < -0.39 is 11.9 Å². The van der Waals surface area contributed by atoms with Crippen molar-refractivity contribution in [2.24, 2.45) is 5.92 Å². The third-order valence-electron chi connectivity index (χ3n) is 9.35. The summed E-state index contributed by atoms with van der Waals surface area (Å²) in [4.78, 5) is 79.4. The number of nitrogens with zero attached hydrogens (tertiary/aromatic N) is 2. The minimum Gasteiger partial charge on any atom is -0.389 e. The molecule has 234 valence electrons. The monoisotopic (exact) mass is 611 g/mol. The minimum absolute atomic E-state index is 0.0697. The first-order valence-electron chi connectivity index (χ1n) is 15.6. The molecule has 4 amide bonds. The van der Waals surface area contributed by atoms with Gasteiger partial charge in [-0.15, -0.1) is 0 Å². The molecule has 45 heavy (non-hydrogen) atoms. The van der Waals surface area contributed by atoms with Gasteiger partial charge < -0.3 is 20.4 Å². The summed E-state index contributed by atoms with van der Waals surface area (Å²) in [6.07, 6.45) is 4.06. The fourth-order valence-electron chi connectivity index (χ4n) is 6.77. The van der Waals surface area contributed by atoms with Gasteiger partial charge >= 0.3 is 0 Å².